The van der Waals surface area contributed by atoms with E-state index in [0.29, 0.717) is 19.6 Å². The van der Waals surface area contributed by atoms with E-state index in [0.717, 1.165) is 23.5 Å². The van der Waals surface area contributed by atoms with Crippen molar-refractivity contribution in [3.63, 3.8) is 0 Å². The molecule has 0 radical (unpaired) electrons. The predicted octanol–water partition coefficient (Wildman–Crippen LogP) is 3.81. The van der Waals surface area contributed by atoms with Gasteiger partial charge in [0.2, 0.25) is 5.91 Å². The second-order valence-corrected chi connectivity index (χ2v) is 6.02. The molecule has 0 bridgehead atoms. The van der Waals surface area contributed by atoms with Crippen LogP contribution in [0.1, 0.15) is 56.1 Å². The quantitative estimate of drug-likeness (QED) is 0.829. The van der Waals surface area contributed by atoms with Gasteiger partial charge in [0, 0.05) is 20.1 Å². The lowest BCUT2D eigenvalue weighted by atomic mass is 9.86. The van der Waals surface area contributed by atoms with Crippen LogP contribution in [0.2, 0.25) is 0 Å². The average Bonchev–Trinajstić information content (AvgIpc) is 2.53. The molecule has 2 rings (SSSR count). The summed E-state index contributed by atoms with van der Waals surface area (Å²) >= 11 is 0. The molecule has 1 N–H and O–H groups in total. The van der Waals surface area contributed by atoms with Crippen LogP contribution in [0.4, 0.5) is 0 Å². The number of nitrogens with one attached hydrogen (secondary N) is 1. The van der Waals surface area contributed by atoms with Crippen LogP contribution < -0.4 is 5.32 Å². The third kappa shape index (κ3) is 5.50. The smallest absolute Gasteiger partial charge is 0.220 e. The minimum atomic E-state index is 0.174. The Kier molecular flexibility index (Phi) is 6.74. The third-order valence-corrected chi connectivity index (χ3v) is 4.40. The summed E-state index contributed by atoms with van der Waals surface area (Å²) in [7, 11) is 1.69. The molecular weight excluding hydrogens is 262 g/mol. The van der Waals surface area contributed by atoms with Crippen LogP contribution in [-0.2, 0) is 22.7 Å². The molecule has 0 aromatic heterocycles. The van der Waals surface area contributed by atoms with Crippen LogP contribution in [-0.4, -0.2) is 13.0 Å². The SMILES string of the molecule is COCc1ccccc1CNC(=O)CCC1CCCCC1. The van der Waals surface area contributed by atoms with Crippen molar-refractivity contribution < 1.29 is 9.53 Å². The van der Waals surface area contributed by atoms with Crippen LogP contribution in [0, 0.1) is 5.92 Å². The highest BCUT2D eigenvalue weighted by molar-refractivity contribution is 5.75. The lowest BCUT2D eigenvalue weighted by Crippen LogP contribution is -2.24. The molecule has 0 unspecified atom stereocenters. The molecule has 116 valence electrons. The summed E-state index contributed by atoms with van der Waals surface area (Å²) in [6.45, 7) is 1.19. The van der Waals surface area contributed by atoms with E-state index in [1.807, 2.05) is 18.2 Å². The molecule has 1 fully saturated rings. The molecule has 1 amide bonds. The average molecular weight is 289 g/mol. The summed E-state index contributed by atoms with van der Waals surface area (Å²) in [5.41, 5.74) is 2.29. The van der Waals surface area contributed by atoms with Crippen molar-refractivity contribution in [2.75, 3.05) is 7.11 Å². The zero-order chi connectivity index (χ0) is 14.9. The van der Waals surface area contributed by atoms with Gasteiger partial charge in [0.05, 0.1) is 6.61 Å². The minimum Gasteiger partial charge on any atom is -0.380 e. The highest BCUT2D eigenvalue weighted by Gasteiger charge is 2.14. The molecular formula is C18H27NO2. The van der Waals surface area contributed by atoms with Gasteiger partial charge in [0.25, 0.3) is 0 Å². The van der Waals surface area contributed by atoms with Gasteiger partial charge in [-0.2, -0.15) is 0 Å². The molecule has 3 nitrogen and oxygen atoms in total. The van der Waals surface area contributed by atoms with Crippen LogP contribution in [0.15, 0.2) is 24.3 Å². The Bertz CT molecular complexity index is 439. The fourth-order valence-corrected chi connectivity index (χ4v) is 3.12. The van der Waals surface area contributed by atoms with Gasteiger partial charge in [-0.05, 0) is 23.5 Å². The van der Waals surface area contributed by atoms with E-state index >= 15 is 0 Å². The van der Waals surface area contributed by atoms with E-state index in [-0.39, 0.29) is 5.91 Å². The first-order chi connectivity index (χ1) is 10.3. The molecule has 1 aliphatic rings. The number of hydrogen-bond acceptors (Lipinski definition) is 2. The highest BCUT2D eigenvalue weighted by atomic mass is 16.5. The topological polar surface area (TPSA) is 38.3 Å². The number of rotatable bonds is 7. The van der Waals surface area contributed by atoms with E-state index in [2.05, 4.69) is 11.4 Å². The van der Waals surface area contributed by atoms with Crippen LogP contribution >= 0.6 is 0 Å². The first kappa shape index (κ1) is 16.0. The van der Waals surface area contributed by atoms with Gasteiger partial charge in [0.15, 0.2) is 0 Å². The van der Waals surface area contributed by atoms with E-state index in [1.54, 1.807) is 7.11 Å². The maximum Gasteiger partial charge on any atom is 0.220 e. The molecule has 0 spiro atoms. The lowest BCUT2D eigenvalue weighted by molar-refractivity contribution is -0.121. The van der Waals surface area contributed by atoms with Crippen molar-refractivity contribution in [2.24, 2.45) is 5.92 Å². The van der Waals surface area contributed by atoms with Crippen molar-refractivity contribution in [1.82, 2.24) is 5.32 Å². The second kappa shape index (κ2) is 8.83. The maximum atomic E-state index is 12.0. The monoisotopic (exact) mass is 289 g/mol. The molecule has 21 heavy (non-hydrogen) atoms. The van der Waals surface area contributed by atoms with Crippen molar-refractivity contribution in [3.05, 3.63) is 35.4 Å². The highest BCUT2D eigenvalue weighted by Crippen LogP contribution is 2.27. The fraction of sp³-hybridized carbons (Fsp3) is 0.611. The third-order valence-electron chi connectivity index (χ3n) is 4.40. The number of carbonyl (C=O) groups is 1. The Morgan fingerprint density at radius 3 is 2.62 bits per heavy atom. The van der Waals surface area contributed by atoms with Gasteiger partial charge in [-0.15, -0.1) is 0 Å². The Balaban J connectivity index is 1.73. The molecule has 0 heterocycles. The van der Waals surface area contributed by atoms with E-state index in [9.17, 15) is 4.79 Å². The van der Waals surface area contributed by atoms with Crippen molar-refractivity contribution in [3.8, 4) is 0 Å². The number of benzene rings is 1. The molecule has 1 saturated carbocycles. The summed E-state index contributed by atoms with van der Waals surface area (Å²) in [6, 6.07) is 8.11. The summed E-state index contributed by atoms with van der Waals surface area (Å²) in [6.07, 6.45) is 8.39. The lowest BCUT2D eigenvalue weighted by Gasteiger charge is -2.21. The summed E-state index contributed by atoms with van der Waals surface area (Å²) in [4.78, 5) is 12.0. The van der Waals surface area contributed by atoms with E-state index in [4.69, 9.17) is 4.74 Å². The first-order valence-electron chi connectivity index (χ1n) is 8.12. The molecule has 0 aliphatic heterocycles. The van der Waals surface area contributed by atoms with Crippen molar-refractivity contribution in [1.29, 1.82) is 0 Å². The number of ether oxygens (including phenoxy) is 1. The summed E-state index contributed by atoms with van der Waals surface area (Å²) < 4.78 is 5.19. The largest absolute Gasteiger partial charge is 0.380 e. The first-order valence-corrected chi connectivity index (χ1v) is 8.12. The Morgan fingerprint density at radius 2 is 1.90 bits per heavy atom. The Labute approximate surface area is 128 Å². The molecule has 1 aromatic carbocycles. The van der Waals surface area contributed by atoms with Gasteiger partial charge in [-0.3, -0.25) is 4.79 Å². The van der Waals surface area contributed by atoms with Crippen LogP contribution in [0.3, 0.4) is 0 Å². The fourth-order valence-electron chi connectivity index (χ4n) is 3.12. The molecule has 0 atom stereocenters. The molecule has 3 heteroatoms. The van der Waals surface area contributed by atoms with Gasteiger partial charge in [-0.25, -0.2) is 0 Å². The number of methoxy groups -OCH3 is 1. The number of carbonyl (C=O) groups excluding carboxylic acids is 1. The van der Waals surface area contributed by atoms with E-state index in [1.165, 1.54) is 32.1 Å². The van der Waals surface area contributed by atoms with Gasteiger partial charge in [0.1, 0.15) is 0 Å². The number of amides is 1. The van der Waals surface area contributed by atoms with Gasteiger partial charge in [-0.1, -0.05) is 56.4 Å². The van der Waals surface area contributed by atoms with Crippen LogP contribution in [0.25, 0.3) is 0 Å². The van der Waals surface area contributed by atoms with E-state index < -0.39 is 0 Å². The summed E-state index contributed by atoms with van der Waals surface area (Å²) in [5.74, 6) is 0.943. The second-order valence-electron chi connectivity index (χ2n) is 6.02. The Hall–Kier alpha value is -1.35. The zero-order valence-electron chi connectivity index (χ0n) is 13.1. The standard InChI is InChI=1S/C18H27NO2/c1-21-14-17-10-6-5-9-16(17)13-19-18(20)12-11-15-7-3-2-4-8-15/h5-6,9-10,15H,2-4,7-8,11-14H2,1H3,(H,19,20). The zero-order valence-corrected chi connectivity index (χ0v) is 13.1. The van der Waals surface area contributed by atoms with Crippen molar-refractivity contribution >= 4 is 5.91 Å². The molecule has 0 saturated heterocycles. The summed E-state index contributed by atoms with van der Waals surface area (Å²) in [5, 5.41) is 3.04. The number of hydrogen-bond donors (Lipinski definition) is 1. The molecule has 1 aliphatic carbocycles. The van der Waals surface area contributed by atoms with Crippen molar-refractivity contribution in [2.45, 2.75) is 58.1 Å². The molecule has 1 aromatic rings. The van der Waals surface area contributed by atoms with Gasteiger partial charge < -0.3 is 10.1 Å². The predicted molar refractivity (Wildman–Crippen MR) is 84.8 cm³/mol. The van der Waals surface area contributed by atoms with Crippen LogP contribution in [0.5, 0.6) is 0 Å². The maximum absolute atomic E-state index is 12.0. The van der Waals surface area contributed by atoms with Gasteiger partial charge >= 0.3 is 0 Å². The minimum absolute atomic E-state index is 0.174. The Morgan fingerprint density at radius 1 is 1.19 bits per heavy atom. The normalized spacial score (nSPS) is 15.9.